The van der Waals surface area contributed by atoms with Gasteiger partial charge in [-0.3, -0.25) is 0 Å². The first-order valence-electron chi connectivity index (χ1n) is 3.11. The molecule has 2 aromatic rings. The van der Waals surface area contributed by atoms with Crippen molar-refractivity contribution in [2.45, 2.75) is 0 Å². The third kappa shape index (κ3) is 11.5. The molecule has 0 bridgehead atoms. The van der Waals surface area contributed by atoms with Crippen LogP contribution in [-0.4, -0.2) is 19.9 Å². The van der Waals surface area contributed by atoms with Gasteiger partial charge in [-0.25, -0.2) is 9.97 Å². The van der Waals surface area contributed by atoms with Crippen LogP contribution in [0.15, 0.2) is 37.4 Å². The predicted molar refractivity (Wildman–Crippen MR) is 48.9 cm³/mol. The fourth-order valence-corrected chi connectivity index (χ4v) is 0.430. The SMILES string of the molecule is [Cl][Co][Cl].c1c[nH]cn1.c1c[nH]cn1. The van der Waals surface area contributed by atoms with Crippen molar-refractivity contribution in [1.82, 2.24) is 19.9 Å². The summed E-state index contributed by atoms with van der Waals surface area (Å²) in [5, 5.41) is 0. The minimum atomic E-state index is 0.382. The molecule has 0 aliphatic heterocycles. The molecule has 2 aromatic heterocycles. The van der Waals surface area contributed by atoms with E-state index in [-0.39, 0.29) is 0 Å². The molecule has 0 aromatic carbocycles. The maximum Gasteiger partial charge on any atom is 0.0919 e. The molecule has 0 atom stereocenters. The number of H-pyrrole nitrogens is 2. The Morgan fingerprint density at radius 2 is 1.31 bits per heavy atom. The summed E-state index contributed by atoms with van der Waals surface area (Å²) in [5.41, 5.74) is 0. The van der Waals surface area contributed by atoms with Crippen LogP contribution in [0.1, 0.15) is 0 Å². The van der Waals surface area contributed by atoms with Gasteiger partial charge in [-0.2, -0.15) is 0 Å². The standard InChI is InChI=1S/2C3H4N2.2ClH.Co/c2*1-2-5-3-4-1;;;/h2*1-3H,(H,4,5);2*1H;/q;;;;+2/p-2. The van der Waals surface area contributed by atoms with Crippen LogP contribution in [0.4, 0.5) is 0 Å². The molecule has 0 unspecified atom stereocenters. The number of aromatic amines is 2. The Bertz CT molecular complexity index is 174. The van der Waals surface area contributed by atoms with Crippen molar-refractivity contribution >= 4 is 20.3 Å². The predicted octanol–water partition coefficient (Wildman–Crippen LogP) is 2.20. The van der Waals surface area contributed by atoms with Gasteiger partial charge in [0.2, 0.25) is 0 Å². The molecule has 0 saturated heterocycles. The Labute approximate surface area is 90.6 Å². The van der Waals surface area contributed by atoms with Crippen molar-refractivity contribution < 1.29 is 12.9 Å². The van der Waals surface area contributed by atoms with Crippen molar-refractivity contribution in [3.63, 3.8) is 0 Å². The first-order chi connectivity index (χ1) is 6.41. The van der Waals surface area contributed by atoms with Crippen molar-refractivity contribution in [3.8, 4) is 0 Å². The van der Waals surface area contributed by atoms with E-state index in [9.17, 15) is 0 Å². The molecule has 75 valence electrons. The van der Waals surface area contributed by atoms with E-state index in [1.165, 1.54) is 0 Å². The quantitative estimate of drug-likeness (QED) is 0.767. The number of imidazole rings is 2. The molecule has 0 aliphatic carbocycles. The van der Waals surface area contributed by atoms with Gasteiger partial charge in [-0.05, 0) is 0 Å². The third-order valence-electron chi connectivity index (χ3n) is 0.812. The molecular formula is C6H8Cl2CoN4. The number of hydrogen-bond donors (Lipinski definition) is 2. The first-order valence-corrected chi connectivity index (χ1v) is 5.97. The number of nitrogens with zero attached hydrogens (tertiary/aromatic N) is 2. The Morgan fingerprint density at radius 1 is 0.923 bits per heavy atom. The average molecular weight is 266 g/mol. The van der Waals surface area contributed by atoms with Gasteiger partial charge in [0.15, 0.2) is 0 Å². The minimum Gasteiger partial charge on any atom is -0.351 e. The molecule has 0 fully saturated rings. The molecular weight excluding hydrogens is 258 g/mol. The number of halogens is 2. The normalized spacial score (nSPS) is 7.85. The van der Waals surface area contributed by atoms with E-state index >= 15 is 0 Å². The van der Waals surface area contributed by atoms with Gasteiger partial charge in [0.1, 0.15) is 0 Å². The number of rotatable bonds is 0. The van der Waals surface area contributed by atoms with E-state index in [1.54, 1.807) is 37.4 Å². The molecule has 2 rings (SSSR count). The van der Waals surface area contributed by atoms with E-state index in [0.717, 1.165) is 0 Å². The second kappa shape index (κ2) is 11.5. The summed E-state index contributed by atoms with van der Waals surface area (Å²) in [6.45, 7) is 0. The summed E-state index contributed by atoms with van der Waals surface area (Å²) in [6, 6.07) is 0. The van der Waals surface area contributed by atoms with Crippen molar-refractivity contribution in [2.24, 2.45) is 0 Å². The number of hydrogen-bond acceptors (Lipinski definition) is 2. The zero-order valence-corrected chi connectivity index (χ0v) is 9.00. The third-order valence-corrected chi connectivity index (χ3v) is 0.812. The van der Waals surface area contributed by atoms with Crippen LogP contribution >= 0.6 is 20.3 Å². The van der Waals surface area contributed by atoms with Crippen LogP contribution in [0.2, 0.25) is 0 Å². The van der Waals surface area contributed by atoms with Crippen LogP contribution in [0.5, 0.6) is 0 Å². The van der Waals surface area contributed by atoms with Gasteiger partial charge in [-0.1, -0.05) is 0 Å². The summed E-state index contributed by atoms with van der Waals surface area (Å²) >= 11 is 0.382. The van der Waals surface area contributed by atoms with Crippen LogP contribution in [0.3, 0.4) is 0 Å². The van der Waals surface area contributed by atoms with E-state index < -0.39 is 0 Å². The summed E-state index contributed by atoms with van der Waals surface area (Å²) in [7, 11) is 9.47. The van der Waals surface area contributed by atoms with Gasteiger partial charge < -0.3 is 9.97 Å². The Morgan fingerprint density at radius 3 is 1.38 bits per heavy atom. The smallest absolute Gasteiger partial charge is 0.0919 e. The van der Waals surface area contributed by atoms with Crippen molar-refractivity contribution in [1.29, 1.82) is 0 Å². The second-order valence-corrected chi connectivity index (χ2v) is 3.29. The maximum absolute atomic E-state index is 4.73. The number of nitrogens with one attached hydrogen (secondary N) is 2. The molecule has 0 amide bonds. The molecule has 7 heteroatoms. The summed E-state index contributed by atoms with van der Waals surface area (Å²) in [4.78, 5) is 12.8. The molecule has 2 heterocycles. The average Bonchev–Trinajstić information content (AvgIpc) is 2.85. The van der Waals surface area contributed by atoms with Gasteiger partial charge in [0.25, 0.3) is 0 Å². The van der Waals surface area contributed by atoms with Crippen molar-refractivity contribution in [2.75, 3.05) is 0 Å². The van der Waals surface area contributed by atoms with E-state index in [2.05, 4.69) is 19.9 Å². The number of aromatic nitrogens is 4. The van der Waals surface area contributed by atoms with Crippen LogP contribution in [-0.2, 0) is 12.9 Å². The zero-order valence-electron chi connectivity index (χ0n) is 6.45. The fraction of sp³-hybridized carbons (Fsp3) is 0. The molecule has 0 radical (unpaired) electrons. The van der Waals surface area contributed by atoms with E-state index in [0.29, 0.717) is 12.9 Å². The van der Waals surface area contributed by atoms with E-state index in [4.69, 9.17) is 20.3 Å². The summed E-state index contributed by atoms with van der Waals surface area (Å²) < 4.78 is 0. The first kappa shape index (κ1) is 12.5. The maximum atomic E-state index is 4.73. The van der Waals surface area contributed by atoms with Crippen molar-refractivity contribution in [3.05, 3.63) is 37.4 Å². The second-order valence-electron chi connectivity index (χ2n) is 1.57. The van der Waals surface area contributed by atoms with E-state index in [1.807, 2.05) is 0 Å². The van der Waals surface area contributed by atoms with Crippen LogP contribution in [0.25, 0.3) is 0 Å². The van der Waals surface area contributed by atoms with Gasteiger partial charge in [0.05, 0.1) is 12.7 Å². The molecule has 4 nitrogen and oxygen atoms in total. The Kier molecular flexibility index (Phi) is 11.1. The van der Waals surface area contributed by atoms with Crippen LogP contribution < -0.4 is 0 Å². The zero-order chi connectivity index (χ0) is 9.78. The Hall–Kier alpha value is -0.494. The molecule has 0 saturated carbocycles. The summed E-state index contributed by atoms with van der Waals surface area (Å²) in [5.74, 6) is 0. The van der Waals surface area contributed by atoms with Gasteiger partial charge >= 0.3 is 33.2 Å². The van der Waals surface area contributed by atoms with Gasteiger partial charge in [0, 0.05) is 24.8 Å². The molecule has 0 spiro atoms. The molecule has 2 N–H and O–H groups in total. The fourth-order valence-electron chi connectivity index (χ4n) is 0.430. The topological polar surface area (TPSA) is 57.4 Å². The minimum absolute atomic E-state index is 0.382. The summed E-state index contributed by atoms with van der Waals surface area (Å²) in [6.07, 6.45) is 10.2. The molecule has 13 heavy (non-hydrogen) atoms. The molecule has 0 aliphatic rings. The van der Waals surface area contributed by atoms with Gasteiger partial charge in [-0.15, -0.1) is 0 Å². The largest absolute Gasteiger partial charge is 0.351 e. The van der Waals surface area contributed by atoms with Crippen LogP contribution in [0, 0.1) is 0 Å². The monoisotopic (exact) mass is 265 g/mol. The Balaban J connectivity index is 0.000000174.